The number of rotatable bonds is 6. The molecule has 1 aromatic carbocycles. The molecule has 1 fully saturated rings. The minimum absolute atomic E-state index is 0.154. The molecule has 0 bridgehead atoms. The first kappa shape index (κ1) is 17.2. The number of nitrogens with zero attached hydrogens (tertiary/aromatic N) is 1. The molecule has 2 N–H and O–H groups in total. The minimum Gasteiger partial charge on any atom is -0.480 e. The summed E-state index contributed by atoms with van der Waals surface area (Å²) in [6, 6.07) is 5.81. The zero-order valence-corrected chi connectivity index (χ0v) is 14.7. The fourth-order valence-electron chi connectivity index (χ4n) is 3.00. The Bertz CT molecular complexity index is 682. The molecule has 0 radical (unpaired) electrons. The maximum absolute atomic E-state index is 12.6. The molecule has 0 unspecified atom stereocenters. The summed E-state index contributed by atoms with van der Waals surface area (Å²) in [6.45, 7) is 0. The van der Waals surface area contributed by atoms with Crippen LogP contribution in [0.5, 0.6) is 0 Å². The van der Waals surface area contributed by atoms with Gasteiger partial charge in [-0.05, 0) is 30.1 Å². The molecule has 0 aliphatic carbocycles. The van der Waals surface area contributed by atoms with Gasteiger partial charge in [0.1, 0.15) is 17.5 Å². The third-order valence-corrected chi connectivity index (χ3v) is 6.17. The normalized spacial score (nSPS) is 22.9. The van der Waals surface area contributed by atoms with Gasteiger partial charge in [0.15, 0.2) is 0 Å². The van der Waals surface area contributed by atoms with Gasteiger partial charge in [-0.15, -0.1) is 11.8 Å². The number of carboxylic acid groups (broad SMARTS) is 1. The molecule has 1 aromatic rings. The topological polar surface area (TPSA) is 86.7 Å². The van der Waals surface area contributed by atoms with E-state index in [0.29, 0.717) is 23.5 Å². The molecular formula is C16H18N2O4S2. The fourth-order valence-corrected chi connectivity index (χ4v) is 4.94. The predicted octanol–water partition coefficient (Wildman–Crippen LogP) is 1.58. The number of fused-ring (bicyclic) bond motifs is 3. The third kappa shape index (κ3) is 3.00. The van der Waals surface area contributed by atoms with Crippen molar-refractivity contribution in [3.8, 4) is 0 Å². The lowest BCUT2D eigenvalue weighted by Crippen LogP contribution is -2.51. The van der Waals surface area contributed by atoms with Gasteiger partial charge in [0, 0.05) is 11.3 Å². The molecule has 2 amide bonds. The Balaban J connectivity index is 1.74. The molecule has 3 rings (SSSR count). The number of benzene rings is 1. The van der Waals surface area contributed by atoms with Gasteiger partial charge in [-0.1, -0.05) is 18.2 Å². The highest BCUT2D eigenvalue weighted by Crippen LogP contribution is 2.48. The van der Waals surface area contributed by atoms with Crippen LogP contribution in [0.1, 0.15) is 27.7 Å². The van der Waals surface area contributed by atoms with Gasteiger partial charge in [-0.25, -0.2) is 4.79 Å². The van der Waals surface area contributed by atoms with Crippen LogP contribution in [0, 0.1) is 0 Å². The molecule has 128 valence electrons. The first-order valence-corrected chi connectivity index (χ1v) is 10.0. The van der Waals surface area contributed by atoms with E-state index in [1.54, 1.807) is 22.7 Å². The van der Waals surface area contributed by atoms with Crippen molar-refractivity contribution in [3.05, 3.63) is 35.4 Å². The molecule has 0 saturated carbocycles. The van der Waals surface area contributed by atoms with Crippen LogP contribution in [0.15, 0.2) is 24.3 Å². The van der Waals surface area contributed by atoms with E-state index >= 15 is 0 Å². The summed E-state index contributed by atoms with van der Waals surface area (Å²) in [5, 5.41) is 11.7. The second kappa shape index (κ2) is 7.06. The van der Waals surface area contributed by atoms with Gasteiger partial charge >= 0.3 is 5.97 Å². The van der Waals surface area contributed by atoms with Gasteiger partial charge in [0.2, 0.25) is 5.91 Å². The summed E-state index contributed by atoms with van der Waals surface area (Å²) >= 11 is 3.07. The van der Waals surface area contributed by atoms with Crippen molar-refractivity contribution in [2.45, 2.75) is 23.9 Å². The van der Waals surface area contributed by atoms with Crippen molar-refractivity contribution >= 4 is 41.3 Å². The second-order valence-electron chi connectivity index (χ2n) is 5.68. The Kier molecular flexibility index (Phi) is 5.05. The summed E-state index contributed by atoms with van der Waals surface area (Å²) in [5.74, 6) is -0.467. The van der Waals surface area contributed by atoms with E-state index in [9.17, 15) is 19.5 Å². The number of amides is 2. The van der Waals surface area contributed by atoms with E-state index in [-0.39, 0.29) is 17.2 Å². The maximum atomic E-state index is 12.6. The van der Waals surface area contributed by atoms with Gasteiger partial charge < -0.3 is 15.3 Å². The number of thioether (sulfide) groups is 2. The van der Waals surface area contributed by atoms with Crippen LogP contribution in [0.3, 0.4) is 0 Å². The Morgan fingerprint density at radius 3 is 2.92 bits per heavy atom. The van der Waals surface area contributed by atoms with Crippen molar-refractivity contribution in [3.63, 3.8) is 0 Å². The van der Waals surface area contributed by atoms with E-state index in [1.165, 1.54) is 11.8 Å². The Labute approximate surface area is 148 Å². The summed E-state index contributed by atoms with van der Waals surface area (Å²) in [5.41, 5.74) is 1.56. The number of hydrogen-bond acceptors (Lipinski definition) is 5. The van der Waals surface area contributed by atoms with Crippen LogP contribution in [0.2, 0.25) is 0 Å². The lowest BCUT2D eigenvalue weighted by molar-refractivity contribution is -0.142. The van der Waals surface area contributed by atoms with Crippen LogP contribution in [0.25, 0.3) is 0 Å². The Morgan fingerprint density at radius 2 is 2.21 bits per heavy atom. The smallest absolute Gasteiger partial charge is 0.326 e. The number of carboxylic acids is 1. The molecule has 6 nitrogen and oxygen atoms in total. The first-order valence-electron chi connectivity index (χ1n) is 7.60. The average Bonchev–Trinajstić information content (AvgIpc) is 3.12. The van der Waals surface area contributed by atoms with E-state index in [1.807, 2.05) is 24.5 Å². The molecule has 2 aliphatic heterocycles. The van der Waals surface area contributed by atoms with Crippen LogP contribution in [0.4, 0.5) is 0 Å². The number of aliphatic carboxylic acids is 1. The predicted molar refractivity (Wildman–Crippen MR) is 94.2 cm³/mol. The van der Waals surface area contributed by atoms with Crippen LogP contribution < -0.4 is 5.32 Å². The zero-order valence-electron chi connectivity index (χ0n) is 13.1. The zero-order chi connectivity index (χ0) is 17.3. The van der Waals surface area contributed by atoms with Gasteiger partial charge in [-0.3, -0.25) is 9.59 Å². The number of carbonyl (C=O) groups excluding carboxylic acids is 2. The second-order valence-corrected chi connectivity index (χ2v) is 7.78. The van der Waals surface area contributed by atoms with Crippen molar-refractivity contribution in [1.82, 2.24) is 10.2 Å². The quantitative estimate of drug-likeness (QED) is 0.795. The standard InChI is InChI=1S/C16H18N2O4S2/c1-23-7-6-11(16(21)22)17-13(19)12-8-24-15-10-5-3-2-4-9(10)14(20)18(12)15/h2-5,11-12,15H,6-8H2,1H3,(H,17,19)(H,21,22)/t11-,12+,15+/m1/s1. The van der Waals surface area contributed by atoms with E-state index in [0.717, 1.165) is 5.56 Å². The molecule has 2 heterocycles. The van der Waals surface area contributed by atoms with Gasteiger partial charge in [0.25, 0.3) is 5.91 Å². The van der Waals surface area contributed by atoms with Crippen LogP contribution in [-0.4, -0.2) is 57.6 Å². The molecule has 0 spiro atoms. The molecular weight excluding hydrogens is 348 g/mol. The Hall–Kier alpha value is -1.67. The van der Waals surface area contributed by atoms with Gasteiger partial charge in [0.05, 0.1) is 0 Å². The monoisotopic (exact) mass is 366 g/mol. The van der Waals surface area contributed by atoms with E-state index in [2.05, 4.69) is 5.32 Å². The number of carbonyl (C=O) groups is 3. The van der Waals surface area contributed by atoms with E-state index < -0.39 is 18.1 Å². The summed E-state index contributed by atoms with van der Waals surface area (Å²) in [7, 11) is 0. The first-order chi connectivity index (χ1) is 11.5. The van der Waals surface area contributed by atoms with Crippen LogP contribution in [-0.2, 0) is 9.59 Å². The highest BCUT2D eigenvalue weighted by molar-refractivity contribution is 7.99. The lowest BCUT2D eigenvalue weighted by Gasteiger charge is -2.24. The molecule has 24 heavy (non-hydrogen) atoms. The average molecular weight is 366 g/mol. The maximum Gasteiger partial charge on any atom is 0.326 e. The van der Waals surface area contributed by atoms with Crippen LogP contribution >= 0.6 is 23.5 Å². The largest absolute Gasteiger partial charge is 0.480 e. The fraction of sp³-hybridized carbons (Fsp3) is 0.438. The number of nitrogens with one attached hydrogen (secondary N) is 1. The highest BCUT2D eigenvalue weighted by atomic mass is 32.2. The van der Waals surface area contributed by atoms with Crippen molar-refractivity contribution in [1.29, 1.82) is 0 Å². The minimum atomic E-state index is -1.05. The summed E-state index contributed by atoms with van der Waals surface area (Å²) in [4.78, 5) is 38.1. The SMILES string of the molecule is CSCC[C@@H](NC(=O)[C@@H]1CS[C@H]2c3ccccc3C(=O)N12)C(=O)O. The lowest BCUT2D eigenvalue weighted by atomic mass is 10.1. The summed E-state index contributed by atoms with van der Waals surface area (Å²) in [6.07, 6.45) is 2.25. The Morgan fingerprint density at radius 1 is 1.46 bits per heavy atom. The molecule has 3 atom stereocenters. The highest BCUT2D eigenvalue weighted by Gasteiger charge is 2.48. The molecule has 8 heteroatoms. The third-order valence-electron chi connectivity index (χ3n) is 4.22. The van der Waals surface area contributed by atoms with E-state index in [4.69, 9.17) is 0 Å². The number of hydrogen-bond donors (Lipinski definition) is 2. The van der Waals surface area contributed by atoms with Crippen molar-refractivity contribution in [2.24, 2.45) is 0 Å². The molecule has 2 aliphatic rings. The summed E-state index contributed by atoms with van der Waals surface area (Å²) < 4.78 is 0. The van der Waals surface area contributed by atoms with Crippen molar-refractivity contribution < 1.29 is 19.5 Å². The molecule has 0 aromatic heterocycles. The van der Waals surface area contributed by atoms with Crippen molar-refractivity contribution in [2.75, 3.05) is 17.8 Å². The van der Waals surface area contributed by atoms with Gasteiger partial charge in [-0.2, -0.15) is 11.8 Å². The molecule has 1 saturated heterocycles.